The zero-order valence-electron chi connectivity index (χ0n) is 11.9. The number of ether oxygens (including phenoxy) is 1. The summed E-state index contributed by atoms with van der Waals surface area (Å²) in [5.74, 6) is -0.433. The third-order valence-corrected chi connectivity index (χ3v) is 3.33. The van der Waals surface area contributed by atoms with Crippen LogP contribution in [0.5, 0.6) is 0 Å². The monoisotopic (exact) mass is 293 g/mol. The van der Waals surface area contributed by atoms with Gasteiger partial charge in [0, 0.05) is 13.2 Å². The van der Waals surface area contributed by atoms with Gasteiger partial charge in [0.25, 0.3) is 5.91 Å². The summed E-state index contributed by atoms with van der Waals surface area (Å²) in [4.78, 5) is 23.0. The normalized spacial score (nSPS) is 18.0. The molecule has 0 spiro atoms. The Morgan fingerprint density at radius 2 is 2.33 bits per heavy atom. The molecule has 1 aliphatic rings. The molecule has 2 N–H and O–H groups in total. The summed E-state index contributed by atoms with van der Waals surface area (Å²) in [6.07, 6.45) is 1.71. The molecule has 0 radical (unpaired) electrons. The summed E-state index contributed by atoms with van der Waals surface area (Å²) < 4.78 is 5.30. The molecule has 0 saturated carbocycles. The van der Waals surface area contributed by atoms with Crippen LogP contribution in [0.4, 0.5) is 11.4 Å². The summed E-state index contributed by atoms with van der Waals surface area (Å²) in [6.45, 7) is 3.53. The molecule has 1 aliphatic heterocycles. The second kappa shape index (κ2) is 7.03. The van der Waals surface area contributed by atoms with E-state index in [4.69, 9.17) is 4.74 Å². The van der Waals surface area contributed by atoms with Crippen molar-refractivity contribution < 1.29 is 14.5 Å². The third-order valence-electron chi connectivity index (χ3n) is 3.33. The van der Waals surface area contributed by atoms with Crippen molar-refractivity contribution in [3.8, 4) is 0 Å². The van der Waals surface area contributed by atoms with Crippen molar-refractivity contribution in [1.82, 2.24) is 5.32 Å². The van der Waals surface area contributed by atoms with Gasteiger partial charge in [-0.2, -0.15) is 0 Å². The van der Waals surface area contributed by atoms with E-state index in [2.05, 4.69) is 10.6 Å². The highest BCUT2D eigenvalue weighted by Crippen LogP contribution is 2.28. The van der Waals surface area contributed by atoms with E-state index in [1.165, 1.54) is 6.07 Å². The SMILES string of the molecule is CCNc1cccc(C(=O)NC2CCCOC2)c1[N+](=O)[O-]. The number of nitro benzene ring substituents is 1. The summed E-state index contributed by atoms with van der Waals surface area (Å²) in [5, 5.41) is 17.0. The van der Waals surface area contributed by atoms with Crippen molar-refractivity contribution in [3.63, 3.8) is 0 Å². The lowest BCUT2D eigenvalue weighted by molar-refractivity contribution is -0.384. The predicted molar refractivity (Wildman–Crippen MR) is 78.6 cm³/mol. The Kier molecular flexibility index (Phi) is 5.10. The van der Waals surface area contributed by atoms with Crippen LogP contribution in [0.25, 0.3) is 0 Å². The molecule has 1 unspecified atom stereocenters. The zero-order valence-corrected chi connectivity index (χ0v) is 11.9. The smallest absolute Gasteiger partial charge is 0.305 e. The molecule has 21 heavy (non-hydrogen) atoms. The number of nitro groups is 1. The highest BCUT2D eigenvalue weighted by atomic mass is 16.6. The predicted octanol–water partition coefficient (Wildman–Crippen LogP) is 1.94. The molecule has 1 saturated heterocycles. The fraction of sp³-hybridized carbons (Fsp3) is 0.500. The number of nitrogens with zero attached hydrogens (tertiary/aromatic N) is 1. The van der Waals surface area contributed by atoms with E-state index in [-0.39, 0.29) is 17.3 Å². The van der Waals surface area contributed by atoms with E-state index >= 15 is 0 Å². The van der Waals surface area contributed by atoms with E-state index in [1.54, 1.807) is 12.1 Å². The van der Waals surface area contributed by atoms with Crippen LogP contribution < -0.4 is 10.6 Å². The minimum absolute atomic E-state index is 0.0732. The van der Waals surface area contributed by atoms with Crippen LogP contribution >= 0.6 is 0 Å². The third kappa shape index (κ3) is 3.69. The Hall–Kier alpha value is -2.15. The van der Waals surface area contributed by atoms with Gasteiger partial charge in [0.2, 0.25) is 0 Å². The number of amides is 1. The largest absolute Gasteiger partial charge is 0.380 e. The maximum absolute atomic E-state index is 12.3. The Labute approximate surface area is 122 Å². The summed E-state index contributed by atoms with van der Waals surface area (Å²) >= 11 is 0. The number of carbonyl (C=O) groups excluding carboxylic acids is 1. The van der Waals surface area contributed by atoms with E-state index in [0.29, 0.717) is 25.4 Å². The second-order valence-corrected chi connectivity index (χ2v) is 4.88. The van der Waals surface area contributed by atoms with Gasteiger partial charge in [0.15, 0.2) is 0 Å². The molecule has 2 rings (SSSR count). The molecule has 1 heterocycles. The molecule has 7 heteroatoms. The van der Waals surface area contributed by atoms with Gasteiger partial charge in [-0.25, -0.2) is 0 Å². The lowest BCUT2D eigenvalue weighted by Crippen LogP contribution is -2.40. The molecule has 7 nitrogen and oxygen atoms in total. The number of nitrogens with one attached hydrogen (secondary N) is 2. The molecule has 0 aliphatic carbocycles. The van der Waals surface area contributed by atoms with Crippen LogP contribution in [0.2, 0.25) is 0 Å². The van der Waals surface area contributed by atoms with E-state index in [0.717, 1.165) is 12.8 Å². The summed E-state index contributed by atoms with van der Waals surface area (Å²) in [5.41, 5.74) is 0.243. The first kappa shape index (κ1) is 15.2. The summed E-state index contributed by atoms with van der Waals surface area (Å²) in [6, 6.07) is 4.62. The lowest BCUT2D eigenvalue weighted by atomic mass is 10.1. The van der Waals surface area contributed by atoms with Crippen molar-refractivity contribution in [3.05, 3.63) is 33.9 Å². The Bertz CT molecular complexity index is 527. The Morgan fingerprint density at radius 3 is 2.95 bits per heavy atom. The van der Waals surface area contributed by atoms with E-state index < -0.39 is 10.8 Å². The standard InChI is InChI=1S/C14H19N3O4/c1-2-15-12-7-3-6-11(13(12)17(19)20)14(18)16-10-5-4-8-21-9-10/h3,6-7,10,15H,2,4-5,8-9H2,1H3,(H,16,18). The van der Waals surface area contributed by atoms with E-state index in [9.17, 15) is 14.9 Å². The van der Waals surface area contributed by atoms with Gasteiger partial charge in [-0.1, -0.05) is 6.07 Å². The van der Waals surface area contributed by atoms with Gasteiger partial charge in [-0.05, 0) is 31.9 Å². The van der Waals surface area contributed by atoms with Crippen LogP contribution in [-0.4, -0.2) is 36.6 Å². The first-order chi connectivity index (χ1) is 10.1. The summed E-state index contributed by atoms with van der Waals surface area (Å²) in [7, 11) is 0. The van der Waals surface area contributed by atoms with Crippen molar-refractivity contribution in [1.29, 1.82) is 0 Å². The number of hydrogen-bond donors (Lipinski definition) is 2. The number of benzene rings is 1. The lowest BCUT2D eigenvalue weighted by Gasteiger charge is -2.23. The van der Waals surface area contributed by atoms with Crippen LogP contribution in [0.1, 0.15) is 30.1 Å². The zero-order chi connectivity index (χ0) is 15.2. The maximum atomic E-state index is 12.3. The number of carbonyl (C=O) groups is 1. The van der Waals surface area contributed by atoms with Gasteiger partial charge < -0.3 is 15.4 Å². The fourth-order valence-electron chi connectivity index (χ4n) is 2.37. The van der Waals surface area contributed by atoms with Crippen molar-refractivity contribution in [2.45, 2.75) is 25.8 Å². The number of para-hydroxylation sites is 1. The van der Waals surface area contributed by atoms with Gasteiger partial charge in [-0.15, -0.1) is 0 Å². The number of anilines is 1. The molecule has 1 aromatic rings. The molecular formula is C14H19N3O4. The number of rotatable bonds is 5. The van der Waals surface area contributed by atoms with Crippen molar-refractivity contribution in [2.24, 2.45) is 0 Å². The first-order valence-electron chi connectivity index (χ1n) is 7.03. The van der Waals surface area contributed by atoms with Crippen LogP contribution in [0.3, 0.4) is 0 Å². The van der Waals surface area contributed by atoms with Crippen LogP contribution in [0, 0.1) is 10.1 Å². The van der Waals surface area contributed by atoms with Gasteiger partial charge >= 0.3 is 5.69 Å². The van der Waals surface area contributed by atoms with Crippen molar-refractivity contribution >= 4 is 17.3 Å². The molecule has 0 bridgehead atoms. The molecule has 1 amide bonds. The van der Waals surface area contributed by atoms with Gasteiger partial charge in [0.1, 0.15) is 11.3 Å². The Balaban J connectivity index is 2.22. The average molecular weight is 293 g/mol. The van der Waals surface area contributed by atoms with Crippen molar-refractivity contribution in [2.75, 3.05) is 25.1 Å². The molecule has 1 aromatic carbocycles. The maximum Gasteiger partial charge on any atom is 0.305 e. The van der Waals surface area contributed by atoms with Crippen LogP contribution in [0.15, 0.2) is 18.2 Å². The first-order valence-corrected chi connectivity index (χ1v) is 7.03. The van der Waals surface area contributed by atoms with Crippen LogP contribution in [-0.2, 0) is 4.74 Å². The van der Waals surface area contributed by atoms with Gasteiger partial charge in [0.05, 0.1) is 17.6 Å². The second-order valence-electron chi connectivity index (χ2n) is 4.88. The quantitative estimate of drug-likeness (QED) is 0.639. The Morgan fingerprint density at radius 1 is 1.52 bits per heavy atom. The average Bonchev–Trinajstić information content (AvgIpc) is 2.48. The minimum atomic E-state index is -0.524. The highest BCUT2D eigenvalue weighted by Gasteiger charge is 2.26. The van der Waals surface area contributed by atoms with E-state index in [1.807, 2.05) is 6.92 Å². The minimum Gasteiger partial charge on any atom is -0.380 e. The molecule has 114 valence electrons. The topological polar surface area (TPSA) is 93.5 Å². The molecular weight excluding hydrogens is 274 g/mol. The number of hydrogen-bond acceptors (Lipinski definition) is 5. The molecule has 1 fully saturated rings. The highest BCUT2D eigenvalue weighted by molar-refractivity contribution is 6.00. The molecule has 0 aromatic heterocycles. The fourth-order valence-corrected chi connectivity index (χ4v) is 2.37. The van der Waals surface area contributed by atoms with Gasteiger partial charge in [-0.3, -0.25) is 14.9 Å². The molecule has 1 atom stereocenters.